The monoisotopic (exact) mass is 262 g/mol. The Bertz CT molecular complexity index is 355. The maximum atomic E-state index is 5.72. The highest BCUT2D eigenvalue weighted by atomic mass is 79.9. The summed E-state index contributed by atoms with van der Waals surface area (Å²) in [5, 5.41) is 0.634. The summed E-state index contributed by atoms with van der Waals surface area (Å²) < 4.78 is 6.31. The molecular weight excluding hydrogens is 260 g/mol. The lowest BCUT2D eigenvalue weighted by atomic mass is 10.4. The van der Waals surface area contributed by atoms with Crippen molar-refractivity contribution in [2.45, 2.75) is 0 Å². The van der Waals surface area contributed by atoms with Crippen LogP contribution in [0.2, 0.25) is 5.02 Å². The predicted octanol–water partition coefficient (Wildman–Crippen LogP) is 4.42. The van der Waals surface area contributed by atoms with Crippen LogP contribution >= 0.6 is 38.9 Å². The molecule has 0 atom stereocenters. The molecule has 0 unspecified atom stereocenters. The van der Waals surface area contributed by atoms with Crippen molar-refractivity contribution in [2.24, 2.45) is 0 Å². The molecule has 4 heteroatoms. The van der Waals surface area contributed by atoms with Gasteiger partial charge in [0.05, 0.1) is 13.7 Å². The maximum Gasteiger partial charge on any atom is 0.145 e. The fraction of sp³-hybridized carbons (Fsp3) is 0. The van der Waals surface area contributed by atoms with Crippen LogP contribution in [0.1, 0.15) is 0 Å². The SMILES string of the molecule is Clc1coc(-c2ccc(Br)s2)c1. The van der Waals surface area contributed by atoms with E-state index in [2.05, 4.69) is 15.9 Å². The van der Waals surface area contributed by atoms with Crippen LogP contribution in [-0.2, 0) is 0 Å². The van der Waals surface area contributed by atoms with Crippen molar-refractivity contribution in [3.63, 3.8) is 0 Å². The van der Waals surface area contributed by atoms with Gasteiger partial charge >= 0.3 is 0 Å². The van der Waals surface area contributed by atoms with Gasteiger partial charge in [0, 0.05) is 6.07 Å². The Kier molecular flexibility index (Phi) is 2.26. The van der Waals surface area contributed by atoms with Crippen molar-refractivity contribution in [3.05, 3.63) is 33.3 Å². The van der Waals surface area contributed by atoms with Gasteiger partial charge in [0.15, 0.2) is 0 Å². The molecule has 0 saturated heterocycles. The summed E-state index contributed by atoms with van der Waals surface area (Å²) >= 11 is 10.7. The van der Waals surface area contributed by atoms with Crippen LogP contribution in [0.15, 0.2) is 32.7 Å². The summed E-state index contributed by atoms with van der Waals surface area (Å²) in [5.41, 5.74) is 0. The number of hydrogen-bond acceptors (Lipinski definition) is 2. The molecule has 0 saturated carbocycles. The molecule has 0 aromatic carbocycles. The van der Waals surface area contributed by atoms with E-state index >= 15 is 0 Å². The second-order valence-electron chi connectivity index (χ2n) is 2.23. The fourth-order valence-corrected chi connectivity index (χ4v) is 2.38. The molecule has 0 radical (unpaired) electrons. The predicted molar refractivity (Wildman–Crippen MR) is 54.7 cm³/mol. The third kappa shape index (κ3) is 1.58. The molecule has 62 valence electrons. The first-order chi connectivity index (χ1) is 5.75. The molecule has 2 aromatic rings. The van der Waals surface area contributed by atoms with Crippen LogP contribution in [0.3, 0.4) is 0 Å². The minimum atomic E-state index is 0.634. The zero-order chi connectivity index (χ0) is 8.55. The van der Waals surface area contributed by atoms with Gasteiger partial charge < -0.3 is 4.42 Å². The Morgan fingerprint density at radius 3 is 2.75 bits per heavy atom. The van der Waals surface area contributed by atoms with Crippen molar-refractivity contribution in [1.29, 1.82) is 0 Å². The standard InChI is InChI=1S/C8H4BrClOS/c9-8-2-1-7(12-8)6-3-5(10)4-11-6/h1-4H. The van der Waals surface area contributed by atoms with E-state index < -0.39 is 0 Å². The Labute approximate surface area is 87.1 Å². The molecule has 2 rings (SSSR count). The van der Waals surface area contributed by atoms with Gasteiger partial charge in [-0.3, -0.25) is 0 Å². The Balaban J connectivity index is 2.43. The molecule has 0 aliphatic heterocycles. The molecular formula is C8H4BrClOS. The van der Waals surface area contributed by atoms with Gasteiger partial charge in [-0.15, -0.1) is 11.3 Å². The molecule has 2 aromatic heterocycles. The minimum absolute atomic E-state index is 0.634. The van der Waals surface area contributed by atoms with E-state index in [0.29, 0.717) is 5.02 Å². The summed E-state index contributed by atoms with van der Waals surface area (Å²) in [4.78, 5) is 1.08. The highest BCUT2D eigenvalue weighted by Gasteiger charge is 2.05. The van der Waals surface area contributed by atoms with Gasteiger partial charge in [-0.05, 0) is 28.1 Å². The second-order valence-corrected chi connectivity index (χ2v) is 5.13. The number of halogens is 2. The van der Waals surface area contributed by atoms with Crippen molar-refractivity contribution in [3.8, 4) is 10.6 Å². The number of rotatable bonds is 1. The molecule has 0 N–H and O–H groups in total. The van der Waals surface area contributed by atoms with Crippen molar-refractivity contribution < 1.29 is 4.42 Å². The van der Waals surface area contributed by atoms with Gasteiger partial charge in [0.1, 0.15) is 12.0 Å². The third-order valence-corrected chi connectivity index (χ3v) is 3.22. The van der Waals surface area contributed by atoms with Crippen LogP contribution in [0.5, 0.6) is 0 Å². The molecule has 12 heavy (non-hydrogen) atoms. The highest BCUT2D eigenvalue weighted by Crippen LogP contribution is 2.33. The summed E-state index contributed by atoms with van der Waals surface area (Å²) in [6.45, 7) is 0. The largest absolute Gasteiger partial charge is 0.462 e. The zero-order valence-corrected chi connectivity index (χ0v) is 9.04. The van der Waals surface area contributed by atoms with E-state index in [9.17, 15) is 0 Å². The van der Waals surface area contributed by atoms with Crippen LogP contribution < -0.4 is 0 Å². The van der Waals surface area contributed by atoms with Gasteiger partial charge in [0.25, 0.3) is 0 Å². The second kappa shape index (κ2) is 3.24. The fourth-order valence-electron chi connectivity index (χ4n) is 0.889. The Hall–Kier alpha value is -0.250. The molecule has 0 spiro atoms. The maximum absolute atomic E-state index is 5.72. The first kappa shape index (κ1) is 8.35. The van der Waals surface area contributed by atoms with Crippen molar-refractivity contribution >= 4 is 38.9 Å². The van der Waals surface area contributed by atoms with E-state index in [1.165, 1.54) is 6.26 Å². The normalized spacial score (nSPS) is 10.5. The zero-order valence-electron chi connectivity index (χ0n) is 5.88. The lowest BCUT2D eigenvalue weighted by molar-refractivity contribution is 0.584. The average Bonchev–Trinajstić information content (AvgIpc) is 2.58. The number of thiophene rings is 1. The molecule has 0 fully saturated rings. The molecule has 0 aliphatic carbocycles. The molecule has 0 amide bonds. The summed E-state index contributed by atoms with van der Waals surface area (Å²) in [7, 11) is 0. The smallest absolute Gasteiger partial charge is 0.145 e. The van der Waals surface area contributed by atoms with Crippen molar-refractivity contribution in [1.82, 2.24) is 0 Å². The van der Waals surface area contributed by atoms with E-state index in [1.807, 2.05) is 12.1 Å². The summed E-state index contributed by atoms with van der Waals surface area (Å²) in [5.74, 6) is 0.815. The first-order valence-corrected chi connectivity index (χ1v) is 5.24. The lowest BCUT2D eigenvalue weighted by Crippen LogP contribution is -1.59. The lowest BCUT2D eigenvalue weighted by Gasteiger charge is -1.85. The average molecular weight is 264 g/mol. The van der Waals surface area contributed by atoms with Crippen molar-refractivity contribution in [2.75, 3.05) is 0 Å². The molecule has 0 bridgehead atoms. The quantitative estimate of drug-likeness (QED) is 0.742. The Morgan fingerprint density at radius 1 is 1.42 bits per heavy atom. The minimum Gasteiger partial charge on any atom is -0.462 e. The van der Waals surface area contributed by atoms with Gasteiger partial charge in [-0.1, -0.05) is 11.6 Å². The topological polar surface area (TPSA) is 13.1 Å². The molecule has 2 heterocycles. The number of furan rings is 1. The van der Waals surface area contributed by atoms with Crippen LogP contribution in [0, 0.1) is 0 Å². The Morgan fingerprint density at radius 2 is 2.25 bits per heavy atom. The van der Waals surface area contributed by atoms with E-state index in [1.54, 1.807) is 17.4 Å². The summed E-state index contributed by atoms with van der Waals surface area (Å²) in [6, 6.07) is 5.78. The number of hydrogen-bond donors (Lipinski definition) is 0. The van der Waals surface area contributed by atoms with Gasteiger partial charge in [0.2, 0.25) is 0 Å². The van der Waals surface area contributed by atoms with E-state index in [0.717, 1.165) is 14.4 Å². The highest BCUT2D eigenvalue weighted by molar-refractivity contribution is 9.11. The van der Waals surface area contributed by atoms with E-state index in [-0.39, 0.29) is 0 Å². The van der Waals surface area contributed by atoms with Crippen LogP contribution in [-0.4, -0.2) is 0 Å². The third-order valence-electron chi connectivity index (χ3n) is 1.38. The van der Waals surface area contributed by atoms with Crippen LogP contribution in [0.25, 0.3) is 10.6 Å². The first-order valence-electron chi connectivity index (χ1n) is 3.25. The molecule has 0 aliphatic rings. The van der Waals surface area contributed by atoms with Crippen LogP contribution in [0.4, 0.5) is 0 Å². The van der Waals surface area contributed by atoms with Gasteiger partial charge in [-0.2, -0.15) is 0 Å². The van der Waals surface area contributed by atoms with E-state index in [4.69, 9.17) is 16.0 Å². The molecule has 1 nitrogen and oxygen atoms in total. The van der Waals surface area contributed by atoms with Gasteiger partial charge in [-0.25, -0.2) is 0 Å². The summed E-state index contributed by atoms with van der Waals surface area (Å²) in [6.07, 6.45) is 1.53.